The van der Waals surface area contributed by atoms with Crippen LogP contribution in [-0.4, -0.2) is 16.7 Å². The van der Waals surface area contributed by atoms with E-state index in [1.54, 1.807) is 32.9 Å². The average Bonchev–Trinajstić information content (AvgIpc) is 2.15. The number of hydrogen-bond donors (Lipinski definition) is 1. The SMILES string of the molecule is C#Cc1cc(NC(=O)OC(C)(C)C)ccn1. The molecule has 0 radical (unpaired) electrons. The van der Waals surface area contributed by atoms with Crippen LogP contribution in [-0.2, 0) is 4.74 Å². The molecule has 16 heavy (non-hydrogen) atoms. The third kappa shape index (κ3) is 4.01. The highest BCUT2D eigenvalue weighted by Crippen LogP contribution is 2.11. The van der Waals surface area contributed by atoms with E-state index in [-0.39, 0.29) is 0 Å². The smallest absolute Gasteiger partial charge is 0.412 e. The van der Waals surface area contributed by atoms with E-state index in [1.165, 1.54) is 6.20 Å². The Labute approximate surface area is 95.0 Å². The van der Waals surface area contributed by atoms with Crippen LogP contribution in [0.2, 0.25) is 0 Å². The van der Waals surface area contributed by atoms with Crippen LogP contribution in [0.3, 0.4) is 0 Å². The van der Waals surface area contributed by atoms with Gasteiger partial charge in [0.1, 0.15) is 11.3 Å². The van der Waals surface area contributed by atoms with E-state index in [4.69, 9.17) is 11.2 Å². The van der Waals surface area contributed by atoms with Crippen molar-refractivity contribution in [3.63, 3.8) is 0 Å². The summed E-state index contributed by atoms with van der Waals surface area (Å²) in [5.41, 5.74) is 0.511. The zero-order chi connectivity index (χ0) is 12.2. The molecule has 1 rings (SSSR count). The number of ether oxygens (including phenoxy) is 1. The molecule has 1 aromatic rings. The Bertz CT molecular complexity index is 427. The van der Waals surface area contributed by atoms with Gasteiger partial charge in [0.15, 0.2) is 0 Å². The summed E-state index contributed by atoms with van der Waals surface area (Å²) >= 11 is 0. The quantitative estimate of drug-likeness (QED) is 0.736. The van der Waals surface area contributed by atoms with Gasteiger partial charge in [0.2, 0.25) is 0 Å². The van der Waals surface area contributed by atoms with Crippen molar-refractivity contribution < 1.29 is 9.53 Å². The molecule has 0 aliphatic rings. The molecule has 84 valence electrons. The normalized spacial score (nSPS) is 10.4. The van der Waals surface area contributed by atoms with Crippen LogP contribution in [0.1, 0.15) is 26.5 Å². The summed E-state index contributed by atoms with van der Waals surface area (Å²) in [5, 5.41) is 2.58. The number of aromatic nitrogens is 1. The van der Waals surface area contributed by atoms with Crippen molar-refractivity contribution >= 4 is 11.8 Å². The second-order valence-corrected chi connectivity index (χ2v) is 4.20. The van der Waals surface area contributed by atoms with E-state index in [1.807, 2.05) is 0 Å². The van der Waals surface area contributed by atoms with Crippen molar-refractivity contribution in [1.29, 1.82) is 0 Å². The monoisotopic (exact) mass is 218 g/mol. The Morgan fingerprint density at radius 2 is 2.25 bits per heavy atom. The van der Waals surface area contributed by atoms with E-state index in [0.717, 1.165) is 0 Å². The molecule has 1 amide bonds. The van der Waals surface area contributed by atoms with E-state index in [0.29, 0.717) is 11.4 Å². The van der Waals surface area contributed by atoms with Gasteiger partial charge in [0.25, 0.3) is 0 Å². The molecular weight excluding hydrogens is 204 g/mol. The minimum absolute atomic E-state index is 0.466. The molecule has 4 nitrogen and oxygen atoms in total. The highest BCUT2D eigenvalue weighted by Gasteiger charge is 2.16. The Morgan fingerprint density at radius 3 is 2.81 bits per heavy atom. The first-order valence-corrected chi connectivity index (χ1v) is 4.83. The first-order valence-electron chi connectivity index (χ1n) is 4.83. The third-order valence-electron chi connectivity index (χ3n) is 1.55. The predicted molar refractivity (Wildman–Crippen MR) is 62.0 cm³/mol. The van der Waals surface area contributed by atoms with Crippen LogP contribution >= 0.6 is 0 Å². The largest absolute Gasteiger partial charge is 0.444 e. The lowest BCUT2D eigenvalue weighted by atomic mass is 10.2. The molecule has 0 spiro atoms. The van der Waals surface area contributed by atoms with Gasteiger partial charge in [-0.15, -0.1) is 6.42 Å². The molecule has 0 atom stereocenters. The number of hydrogen-bond acceptors (Lipinski definition) is 3. The molecule has 4 heteroatoms. The van der Waals surface area contributed by atoms with E-state index in [9.17, 15) is 4.79 Å². The second-order valence-electron chi connectivity index (χ2n) is 4.20. The first-order chi connectivity index (χ1) is 7.40. The van der Waals surface area contributed by atoms with Gasteiger partial charge in [-0.3, -0.25) is 5.32 Å². The molecule has 0 fully saturated rings. The van der Waals surface area contributed by atoms with Gasteiger partial charge in [-0.25, -0.2) is 9.78 Å². The van der Waals surface area contributed by atoms with E-state index in [2.05, 4.69) is 16.2 Å². The minimum Gasteiger partial charge on any atom is -0.444 e. The predicted octanol–water partition coefficient (Wildman–Crippen LogP) is 2.41. The van der Waals surface area contributed by atoms with Crippen molar-refractivity contribution in [3.8, 4) is 12.3 Å². The summed E-state index contributed by atoms with van der Waals surface area (Å²) in [4.78, 5) is 15.3. The molecule has 0 aliphatic carbocycles. The summed E-state index contributed by atoms with van der Waals surface area (Å²) in [5.74, 6) is 2.39. The Hall–Kier alpha value is -2.02. The molecule has 0 unspecified atom stereocenters. The first kappa shape index (κ1) is 12.1. The fourth-order valence-electron chi connectivity index (χ4n) is 1.01. The number of carbonyl (C=O) groups is 1. The molecular formula is C12H14N2O2. The van der Waals surface area contributed by atoms with Crippen LogP contribution < -0.4 is 5.32 Å². The fraction of sp³-hybridized carbons (Fsp3) is 0.333. The molecule has 0 saturated carbocycles. The molecule has 0 bridgehead atoms. The van der Waals surface area contributed by atoms with Gasteiger partial charge in [0, 0.05) is 11.9 Å². The highest BCUT2D eigenvalue weighted by molar-refractivity contribution is 5.84. The van der Waals surface area contributed by atoms with Crippen molar-refractivity contribution in [2.75, 3.05) is 5.32 Å². The lowest BCUT2D eigenvalue weighted by Crippen LogP contribution is -2.27. The van der Waals surface area contributed by atoms with Gasteiger partial charge < -0.3 is 4.74 Å². The van der Waals surface area contributed by atoms with E-state index >= 15 is 0 Å². The molecule has 0 aliphatic heterocycles. The zero-order valence-corrected chi connectivity index (χ0v) is 9.57. The van der Waals surface area contributed by atoms with Crippen LogP contribution in [0.5, 0.6) is 0 Å². The third-order valence-corrected chi connectivity index (χ3v) is 1.55. The van der Waals surface area contributed by atoms with Gasteiger partial charge in [-0.2, -0.15) is 0 Å². The summed E-state index contributed by atoms with van der Waals surface area (Å²) < 4.78 is 5.09. The van der Waals surface area contributed by atoms with E-state index < -0.39 is 11.7 Å². The van der Waals surface area contributed by atoms with Gasteiger partial charge >= 0.3 is 6.09 Å². The summed E-state index contributed by atoms with van der Waals surface area (Å²) in [6.07, 6.45) is 6.21. The molecule has 1 heterocycles. The van der Waals surface area contributed by atoms with Crippen LogP contribution in [0.25, 0.3) is 0 Å². The number of rotatable bonds is 1. The molecule has 1 N–H and O–H groups in total. The standard InChI is InChI=1S/C12H14N2O2/c1-5-9-8-10(6-7-13-9)14-11(15)16-12(2,3)4/h1,6-8H,2-4H3,(H,13,14,15). The number of anilines is 1. The van der Waals surface area contributed by atoms with Crippen molar-refractivity contribution in [2.24, 2.45) is 0 Å². The van der Waals surface area contributed by atoms with Crippen molar-refractivity contribution in [2.45, 2.75) is 26.4 Å². The fourth-order valence-corrected chi connectivity index (χ4v) is 1.01. The van der Waals surface area contributed by atoms with Gasteiger partial charge in [0.05, 0.1) is 0 Å². The maximum atomic E-state index is 11.4. The van der Waals surface area contributed by atoms with Crippen molar-refractivity contribution in [3.05, 3.63) is 24.0 Å². The second kappa shape index (κ2) is 4.67. The maximum absolute atomic E-state index is 11.4. The molecule has 0 saturated heterocycles. The van der Waals surface area contributed by atoms with Crippen LogP contribution in [0.4, 0.5) is 10.5 Å². The van der Waals surface area contributed by atoms with Gasteiger partial charge in [-0.05, 0) is 32.9 Å². The summed E-state index contributed by atoms with van der Waals surface area (Å²) in [7, 11) is 0. The number of nitrogens with one attached hydrogen (secondary N) is 1. The molecule has 0 aromatic carbocycles. The Balaban J connectivity index is 2.67. The topological polar surface area (TPSA) is 51.2 Å². The Morgan fingerprint density at radius 1 is 1.56 bits per heavy atom. The van der Waals surface area contributed by atoms with Crippen molar-refractivity contribution in [1.82, 2.24) is 4.98 Å². The number of nitrogens with zero attached hydrogens (tertiary/aromatic N) is 1. The minimum atomic E-state index is -0.522. The van der Waals surface area contributed by atoms with Gasteiger partial charge in [-0.1, -0.05) is 5.92 Å². The van der Waals surface area contributed by atoms with Crippen LogP contribution in [0.15, 0.2) is 18.3 Å². The average molecular weight is 218 g/mol. The number of amides is 1. The highest BCUT2D eigenvalue weighted by atomic mass is 16.6. The number of pyridine rings is 1. The summed E-state index contributed by atoms with van der Waals surface area (Å²) in [6.45, 7) is 5.39. The maximum Gasteiger partial charge on any atom is 0.412 e. The number of terminal acetylenes is 1. The number of carbonyl (C=O) groups excluding carboxylic acids is 1. The Kier molecular flexibility index (Phi) is 3.51. The lowest BCUT2D eigenvalue weighted by Gasteiger charge is -2.19. The summed E-state index contributed by atoms with van der Waals surface area (Å²) in [6, 6.07) is 3.24. The molecule has 1 aromatic heterocycles. The lowest BCUT2D eigenvalue weighted by molar-refractivity contribution is 0.0636. The zero-order valence-electron chi connectivity index (χ0n) is 9.57. The van der Waals surface area contributed by atoms with Crippen LogP contribution in [0, 0.1) is 12.3 Å².